The van der Waals surface area contributed by atoms with Crippen LogP contribution in [0.3, 0.4) is 0 Å². The van der Waals surface area contributed by atoms with Gasteiger partial charge >= 0.3 is 0 Å². The van der Waals surface area contributed by atoms with Gasteiger partial charge in [-0.2, -0.15) is 0 Å². The largest absolute Gasteiger partial charge is 0.270 e. The summed E-state index contributed by atoms with van der Waals surface area (Å²) in [5.41, 5.74) is 1.40. The van der Waals surface area contributed by atoms with Crippen molar-refractivity contribution >= 4 is 92.7 Å². The van der Waals surface area contributed by atoms with E-state index in [0.717, 1.165) is 0 Å². The molecular weight excluding hydrogens is 625 g/mol. The van der Waals surface area contributed by atoms with Gasteiger partial charge in [-0.05, 0) is 36.4 Å². The predicted molar refractivity (Wildman–Crippen MR) is 151 cm³/mol. The van der Waals surface area contributed by atoms with E-state index in [1.165, 1.54) is 48.2 Å². The molecule has 0 spiro atoms. The molecule has 0 aromatic heterocycles. The zero-order valence-corrected chi connectivity index (χ0v) is 23.3. The van der Waals surface area contributed by atoms with Gasteiger partial charge in [-0.15, -0.1) is 0 Å². The van der Waals surface area contributed by atoms with Gasteiger partial charge in [0.1, 0.15) is 0 Å². The highest BCUT2D eigenvalue weighted by Gasteiger charge is 2.23. The summed E-state index contributed by atoms with van der Waals surface area (Å²) in [5, 5.41) is 23.4. The maximum Gasteiger partial charge on any atom is 0.270 e. The number of nitro groups is 2. The van der Waals surface area contributed by atoms with Gasteiger partial charge in [0.2, 0.25) is 0 Å². The van der Waals surface area contributed by atoms with Gasteiger partial charge < -0.3 is 0 Å². The Kier molecular flexibility index (Phi) is 8.45. The van der Waals surface area contributed by atoms with E-state index in [-0.39, 0.29) is 41.5 Å². The third-order valence-corrected chi connectivity index (χ3v) is 8.55. The minimum Gasteiger partial charge on any atom is -0.258 e. The average Bonchev–Trinajstić information content (AvgIpc) is 2.85. The van der Waals surface area contributed by atoms with Crippen molar-refractivity contribution in [2.45, 2.75) is 9.79 Å². The van der Waals surface area contributed by atoms with Crippen LogP contribution in [-0.2, 0) is 0 Å². The Hall–Kier alpha value is -2.23. The summed E-state index contributed by atoms with van der Waals surface area (Å²) < 4.78 is 0. The molecule has 188 valence electrons. The van der Waals surface area contributed by atoms with Crippen LogP contribution in [0.5, 0.6) is 0 Å². The Bertz CT molecular complexity index is 1480. The zero-order valence-electron chi connectivity index (χ0n) is 18.0. The molecule has 0 unspecified atom stereocenters. The first-order chi connectivity index (χ1) is 17.5. The fraction of sp³-hybridized carbons (Fsp3) is 0. The molecule has 0 radical (unpaired) electrons. The summed E-state index contributed by atoms with van der Waals surface area (Å²) in [7, 11) is 0. The van der Waals surface area contributed by atoms with Crippen LogP contribution in [0.1, 0.15) is 0 Å². The fourth-order valence-corrected chi connectivity index (χ4v) is 6.13. The van der Waals surface area contributed by atoms with Gasteiger partial charge in [-0.25, -0.2) is 0 Å². The molecule has 0 atom stereocenters. The maximum atomic E-state index is 11.2. The minimum absolute atomic E-state index is 0.105. The van der Waals surface area contributed by atoms with Gasteiger partial charge in [-0.3, -0.25) is 20.2 Å². The topological polar surface area (TPSA) is 86.3 Å². The van der Waals surface area contributed by atoms with Crippen LogP contribution >= 0.6 is 81.4 Å². The number of nitrogens with zero attached hydrogens (tertiary/aromatic N) is 2. The number of halogens is 6. The summed E-state index contributed by atoms with van der Waals surface area (Å²) >= 11 is 39.9. The third kappa shape index (κ3) is 5.64. The zero-order chi connectivity index (χ0) is 27.0. The Labute approximate surface area is 244 Å². The molecule has 0 amide bonds. The van der Waals surface area contributed by atoms with E-state index in [1.807, 2.05) is 0 Å². The van der Waals surface area contributed by atoms with Gasteiger partial charge in [0.15, 0.2) is 0 Å². The molecule has 4 rings (SSSR count). The second-order valence-electron chi connectivity index (χ2n) is 7.41. The number of rotatable bonds is 6. The summed E-state index contributed by atoms with van der Waals surface area (Å²) in [6, 6.07) is 14.7. The highest BCUT2D eigenvalue weighted by molar-refractivity contribution is 7.99. The van der Waals surface area contributed by atoms with E-state index in [2.05, 4.69) is 0 Å². The highest BCUT2D eigenvalue weighted by atomic mass is 35.5. The Balaban J connectivity index is 1.91. The lowest BCUT2D eigenvalue weighted by Crippen LogP contribution is -1.93. The summed E-state index contributed by atoms with van der Waals surface area (Å²) in [6.07, 6.45) is 0. The molecule has 13 heteroatoms. The van der Waals surface area contributed by atoms with Crippen LogP contribution in [0.15, 0.2) is 70.5 Å². The molecule has 4 aromatic rings. The molecule has 0 fully saturated rings. The minimum atomic E-state index is -0.555. The van der Waals surface area contributed by atoms with Crippen LogP contribution in [0.2, 0.25) is 30.1 Å². The quantitative estimate of drug-likeness (QED) is 0.155. The molecule has 6 nitrogen and oxygen atoms in total. The molecular formula is C24H10Cl6N2O4S. The summed E-state index contributed by atoms with van der Waals surface area (Å²) in [4.78, 5) is 22.4. The lowest BCUT2D eigenvalue weighted by atomic mass is 10.0. The number of hydrogen-bond acceptors (Lipinski definition) is 5. The molecule has 0 aliphatic heterocycles. The molecule has 4 aromatic carbocycles. The van der Waals surface area contributed by atoms with Crippen molar-refractivity contribution in [3.05, 3.63) is 111 Å². The molecule has 37 heavy (non-hydrogen) atoms. The lowest BCUT2D eigenvalue weighted by molar-refractivity contribution is -0.385. The third-order valence-electron chi connectivity index (χ3n) is 5.20. The molecule has 0 bridgehead atoms. The van der Waals surface area contributed by atoms with Crippen LogP contribution in [0, 0.1) is 20.2 Å². The molecule has 0 saturated carbocycles. The lowest BCUT2D eigenvalue weighted by Gasteiger charge is -2.17. The smallest absolute Gasteiger partial charge is 0.258 e. The van der Waals surface area contributed by atoms with E-state index < -0.39 is 9.85 Å². The molecule has 0 aliphatic carbocycles. The maximum absolute atomic E-state index is 11.2. The van der Waals surface area contributed by atoms with Crippen LogP contribution < -0.4 is 0 Å². The van der Waals surface area contributed by atoms with Crippen molar-refractivity contribution in [2.75, 3.05) is 0 Å². The standard InChI is InChI=1S/C24H10Cl6N2O4S/c25-15-5-7-19(21(23(15)29)13-3-1-11(31(33)34)9-17(13)27)37-20-8-6-16(26)24(30)22(20)14-4-2-12(32(35)36)10-18(14)28/h1-10H. The van der Waals surface area contributed by atoms with E-state index in [9.17, 15) is 20.2 Å². The first-order valence-electron chi connectivity index (χ1n) is 10.0. The van der Waals surface area contributed by atoms with Crippen molar-refractivity contribution in [1.82, 2.24) is 0 Å². The molecule has 0 saturated heterocycles. The van der Waals surface area contributed by atoms with Crippen LogP contribution in [0.4, 0.5) is 11.4 Å². The van der Waals surface area contributed by atoms with E-state index in [0.29, 0.717) is 32.0 Å². The monoisotopic (exact) mass is 632 g/mol. The summed E-state index contributed by atoms with van der Waals surface area (Å²) in [5.74, 6) is 0. The van der Waals surface area contributed by atoms with Gasteiger partial charge in [-0.1, -0.05) is 81.4 Å². The predicted octanol–water partition coefficient (Wildman–Crippen LogP) is 10.9. The number of benzene rings is 4. The molecule has 0 N–H and O–H groups in total. The van der Waals surface area contributed by atoms with Crippen molar-refractivity contribution in [1.29, 1.82) is 0 Å². The average molecular weight is 635 g/mol. The van der Waals surface area contributed by atoms with Crippen LogP contribution in [-0.4, -0.2) is 9.85 Å². The number of non-ortho nitro benzene ring substituents is 2. The molecule has 0 heterocycles. The second kappa shape index (κ2) is 11.3. The first-order valence-corrected chi connectivity index (χ1v) is 13.1. The van der Waals surface area contributed by atoms with E-state index >= 15 is 0 Å². The SMILES string of the molecule is O=[N+]([O-])c1ccc(-c2c(Sc3ccc(Cl)c(Cl)c3-c3ccc([N+](=O)[O-])cc3Cl)ccc(Cl)c2Cl)c(Cl)c1. The number of nitro benzene ring substituents is 2. The van der Waals surface area contributed by atoms with Crippen molar-refractivity contribution in [2.24, 2.45) is 0 Å². The van der Waals surface area contributed by atoms with Crippen LogP contribution in [0.25, 0.3) is 22.3 Å². The Morgan fingerprint density at radius 2 is 0.919 bits per heavy atom. The first kappa shape index (κ1) is 27.8. The van der Waals surface area contributed by atoms with Gasteiger partial charge in [0.25, 0.3) is 11.4 Å². The summed E-state index contributed by atoms with van der Waals surface area (Å²) in [6.45, 7) is 0. The van der Waals surface area contributed by atoms with Crippen molar-refractivity contribution in [3.8, 4) is 22.3 Å². The second-order valence-corrected chi connectivity index (χ2v) is 10.9. The highest BCUT2D eigenvalue weighted by Crippen LogP contribution is 2.50. The Morgan fingerprint density at radius 1 is 0.541 bits per heavy atom. The van der Waals surface area contributed by atoms with Gasteiger partial charge in [0, 0.05) is 56.3 Å². The fourth-order valence-electron chi connectivity index (χ4n) is 3.50. The van der Waals surface area contributed by atoms with E-state index in [4.69, 9.17) is 69.6 Å². The Morgan fingerprint density at radius 3 is 1.24 bits per heavy atom. The van der Waals surface area contributed by atoms with Crippen molar-refractivity contribution < 1.29 is 9.85 Å². The van der Waals surface area contributed by atoms with Crippen molar-refractivity contribution in [3.63, 3.8) is 0 Å². The van der Waals surface area contributed by atoms with E-state index in [1.54, 1.807) is 24.3 Å². The number of hydrogen-bond donors (Lipinski definition) is 0. The normalized spacial score (nSPS) is 11.0. The van der Waals surface area contributed by atoms with Gasteiger partial charge in [0.05, 0.1) is 40.0 Å². The molecule has 0 aliphatic rings.